The van der Waals surface area contributed by atoms with E-state index >= 15 is 0 Å². The molecule has 0 aliphatic carbocycles. The Kier molecular flexibility index (Phi) is 2.96. The van der Waals surface area contributed by atoms with Crippen LogP contribution in [0.1, 0.15) is 0 Å². The van der Waals surface area contributed by atoms with Crippen LogP contribution >= 0.6 is 0 Å². The van der Waals surface area contributed by atoms with Crippen LogP contribution in [0.15, 0.2) is 0 Å². The summed E-state index contributed by atoms with van der Waals surface area (Å²) >= 11 is 2.25. The third-order valence-electron chi connectivity index (χ3n) is 0.816. The van der Waals surface area contributed by atoms with E-state index in [0.29, 0.717) is 5.32 Å². The van der Waals surface area contributed by atoms with Crippen molar-refractivity contribution in [3.8, 4) is 0 Å². The molecule has 0 spiro atoms. The van der Waals surface area contributed by atoms with E-state index in [-0.39, 0.29) is 6.04 Å². The van der Waals surface area contributed by atoms with Crippen LogP contribution in [0.25, 0.3) is 1.43 Å². The molecule has 0 fully saturated rings. The number of nitrogens with one attached hydrogen (secondary N) is 1. The summed E-state index contributed by atoms with van der Waals surface area (Å²) in [6.07, 6.45) is 0. The van der Waals surface area contributed by atoms with Gasteiger partial charge in [-0.05, 0) is 0 Å². The number of aliphatic carboxylic acids is 1. The van der Waals surface area contributed by atoms with Crippen molar-refractivity contribution in [1.29, 1.82) is 1.43 Å². The molecule has 0 aliphatic heterocycles. The Morgan fingerprint density at radius 3 is 3.00 bits per heavy atom. The summed E-state index contributed by atoms with van der Waals surface area (Å²) in [4.78, 5) is 10.5. The molecule has 48 valence electrons. The zero-order valence-electron chi connectivity index (χ0n) is 5.55. The minimum atomic E-state index is -0.543. The Morgan fingerprint density at radius 2 is 2.88 bits per heavy atom. The monoisotopic (exact) mass is 184 g/mol. The van der Waals surface area contributed by atoms with E-state index < -0.39 is 5.97 Å². The molecule has 0 bridgehead atoms. The molecule has 0 amide bonds. The second-order valence-electron chi connectivity index (χ2n) is 1.34. The Bertz CT molecular complexity index is 96.6. The van der Waals surface area contributed by atoms with Gasteiger partial charge in [-0.1, -0.05) is 0 Å². The van der Waals surface area contributed by atoms with Crippen LogP contribution in [0.3, 0.4) is 0 Å². The van der Waals surface area contributed by atoms with E-state index in [2.05, 4.69) is 26.4 Å². The van der Waals surface area contributed by atoms with Gasteiger partial charge in [0.2, 0.25) is 0 Å². The van der Waals surface area contributed by atoms with E-state index in [9.17, 15) is 4.79 Å². The standard InChI is InChI=1S/C4H9NO2Se/c1-5-3(2-8)4(6)7/h3,5,8H,2H2,1H3,(H,6,7)/t3-/m0/s1/i/hD. The number of rotatable bonds is 3. The number of hydrogen-bond donors (Lipinski definition) is 2. The summed E-state index contributed by atoms with van der Waals surface area (Å²) in [5, 5.41) is 7.01. The van der Waals surface area contributed by atoms with E-state index in [1.165, 1.54) is 0 Å². The second kappa shape index (κ2) is 3.89. The summed E-state index contributed by atoms with van der Waals surface area (Å²) in [6, 6.07) is -0.359. The molecule has 0 saturated heterocycles. The Hall–Kier alpha value is -0.0505. The molecule has 0 rings (SSSR count). The molecule has 2 N–H and O–H groups in total. The fourth-order valence-corrected chi connectivity index (χ4v) is 0.979. The van der Waals surface area contributed by atoms with Gasteiger partial charge in [0.15, 0.2) is 0 Å². The van der Waals surface area contributed by atoms with Gasteiger partial charge in [0.25, 0.3) is 0 Å². The zero-order chi connectivity index (χ0) is 7.28. The maximum atomic E-state index is 10.5. The van der Waals surface area contributed by atoms with Crippen molar-refractivity contribution in [1.82, 2.24) is 5.32 Å². The fourth-order valence-electron chi connectivity index (χ4n) is 0.284. The van der Waals surface area contributed by atoms with E-state index in [4.69, 9.17) is 1.43 Å². The van der Waals surface area contributed by atoms with E-state index in [1.54, 1.807) is 7.05 Å². The first-order chi connectivity index (χ1) is 4.26. The average molecular weight is 183 g/mol. The van der Waals surface area contributed by atoms with Gasteiger partial charge in [-0.2, -0.15) is 0 Å². The van der Waals surface area contributed by atoms with E-state index in [0.717, 1.165) is 0 Å². The van der Waals surface area contributed by atoms with Crippen LogP contribution < -0.4 is 5.32 Å². The summed E-state index contributed by atoms with van der Waals surface area (Å²) in [5.41, 5.74) is 0. The maximum absolute atomic E-state index is 10.5. The molecular formula is C4H9NO2Se. The molecule has 0 aromatic rings. The second-order valence-corrected chi connectivity index (χ2v) is 2.11. The Labute approximate surface area is 57.8 Å². The first-order valence-corrected chi connectivity index (χ1v) is 3.54. The predicted molar refractivity (Wildman–Crippen MR) is 32.4 cm³/mol. The van der Waals surface area contributed by atoms with Crippen LogP contribution in [0, 0.1) is 0 Å². The van der Waals surface area contributed by atoms with Crippen molar-refractivity contribution in [3.63, 3.8) is 0 Å². The van der Waals surface area contributed by atoms with Crippen LogP contribution in [-0.2, 0) is 4.79 Å². The van der Waals surface area contributed by atoms with Gasteiger partial charge < -0.3 is 0 Å². The first-order valence-electron chi connectivity index (χ1n) is 2.62. The van der Waals surface area contributed by atoms with Crippen molar-refractivity contribution >= 4 is 22.0 Å². The average Bonchev–Trinajstić information content (AvgIpc) is 1.90. The van der Waals surface area contributed by atoms with Gasteiger partial charge >= 0.3 is 57.0 Å². The first kappa shape index (κ1) is 6.08. The van der Waals surface area contributed by atoms with Crippen LogP contribution in [-0.4, -0.2) is 40.2 Å². The quantitative estimate of drug-likeness (QED) is 0.550. The molecule has 1 atom stereocenters. The van der Waals surface area contributed by atoms with Crippen molar-refractivity contribution in [2.45, 2.75) is 11.4 Å². The van der Waals surface area contributed by atoms with Gasteiger partial charge in [0.05, 0.1) is 0 Å². The van der Waals surface area contributed by atoms with Crippen molar-refractivity contribution < 1.29 is 9.90 Å². The van der Waals surface area contributed by atoms with Crippen molar-refractivity contribution in [3.05, 3.63) is 0 Å². The summed E-state index contributed by atoms with van der Waals surface area (Å²) in [7, 11) is 1.65. The molecule has 0 heterocycles. The van der Waals surface area contributed by atoms with Crippen LogP contribution in [0.4, 0.5) is 0 Å². The normalized spacial score (nSPS) is 14.5. The topological polar surface area (TPSA) is 49.3 Å². The Morgan fingerprint density at radius 1 is 2.25 bits per heavy atom. The van der Waals surface area contributed by atoms with Crippen LogP contribution in [0.5, 0.6) is 0 Å². The number of carboxylic acid groups (broad SMARTS) is 1. The third-order valence-corrected chi connectivity index (χ3v) is 1.58. The molecule has 3 nitrogen and oxygen atoms in total. The van der Waals surface area contributed by atoms with Gasteiger partial charge in [-0.15, -0.1) is 0 Å². The van der Waals surface area contributed by atoms with Gasteiger partial charge in [-0.25, -0.2) is 0 Å². The van der Waals surface area contributed by atoms with Crippen LogP contribution in [0.2, 0.25) is 5.32 Å². The molecule has 0 radical (unpaired) electrons. The van der Waals surface area contributed by atoms with Gasteiger partial charge in [-0.3, -0.25) is 0 Å². The van der Waals surface area contributed by atoms with Crippen molar-refractivity contribution in [2.24, 2.45) is 0 Å². The molecule has 4 heteroatoms. The predicted octanol–water partition coefficient (Wildman–Crippen LogP) is -1.02. The van der Waals surface area contributed by atoms with Crippen molar-refractivity contribution in [2.75, 3.05) is 7.05 Å². The van der Waals surface area contributed by atoms with E-state index in [1.807, 2.05) is 0 Å². The SMILES string of the molecule is [2H]OC(=O)[C@H](C[SeH])NC. The minimum absolute atomic E-state index is 0.359. The fraction of sp³-hybridized carbons (Fsp3) is 0.750. The summed E-state index contributed by atoms with van der Waals surface area (Å²) in [5.74, 6) is -0.543. The molecule has 8 heavy (non-hydrogen) atoms. The van der Waals surface area contributed by atoms with Gasteiger partial charge in [0, 0.05) is 0 Å². The third kappa shape index (κ3) is 2.31. The summed E-state index contributed by atoms with van der Waals surface area (Å²) < 4.78 is 6.25. The number of carboxylic acids is 1. The van der Waals surface area contributed by atoms with Gasteiger partial charge in [0.1, 0.15) is 0 Å². The molecule has 0 unspecified atom stereocenters. The molecule has 0 saturated carbocycles. The summed E-state index contributed by atoms with van der Waals surface area (Å²) in [6.45, 7) is 0. The number of likely N-dealkylation sites (N-methyl/N-ethyl adjacent to an activating group) is 1. The molecule has 0 aromatic heterocycles. The number of hydrogen-bond acceptors (Lipinski definition) is 3. The Balaban J connectivity index is 3.64. The molecule has 0 aromatic carbocycles. The zero-order valence-corrected chi connectivity index (χ0v) is 6.42. The number of carbonyl (C=O) groups is 1. The molecule has 0 aliphatic rings. The molecular weight excluding hydrogens is 173 g/mol.